The Balaban J connectivity index is 0.00000529. The first-order chi connectivity index (χ1) is 10.8. The molecule has 0 spiro atoms. The summed E-state index contributed by atoms with van der Waals surface area (Å²) in [4.78, 5) is 4.11. The molecule has 0 aromatic rings. The third kappa shape index (κ3) is 10.00. The van der Waals surface area contributed by atoms with Gasteiger partial charge in [0.1, 0.15) is 0 Å². The number of ether oxygens (including phenoxy) is 1. The molecule has 0 aromatic heterocycles. The van der Waals surface area contributed by atoms with Gasteiger partial charge in [-0.2, -0.15) is 0 Å². The van der Waals surface area contributed by atoms with Crippen LogP contribution in [0.15, 0.2) is 4.99 Å². The first kappa shape index (κ1) is 23.9. The molecule has 0 amide bonds. The zero-order chi connectivity index (χ0) is 17.3. The molecule has 1 heterocycles. The molecule has 1 fully saturated rings. The van der Waals surface area contributed by atoms with Crippen molar-refractivity contribution in [3.63, 3.8) is 0 Å². The molecule has 2 unspecified atom stereocenters. The number of nitrogens with zero attached hydrogens (tertiary/aromatic N) is 1. The van der Waals surface area contributed by atoms with Crippen molar-refractivity contribution in [2.75, 3.05) is 32.5 Å². The van der Waals surface area contributed by atoms with Gasteiger partial charge in [0.25, 0.3) is 0 Å². The van der Waals surface area contributed by atoms with Crippen LogP contribution in [0.5, 0.6) is 0 Å². The molecule has 1 rings (SSSR count). The van der Waals surface area contributed by atoms with E-state index >= 15 is 0 Å². The largest absolute Gasteiger partial charge is 0.377 e. The molecule has 0 bridgehead atoms. The highest BCUT2D eigenvalue weighted by molar-refractivity contribution is 14.0. The molecule has 9 heteroatoms. The Kier molecular flexibility index (Phi) is 12.2. The van der Waals surface area contributed by atoms with E-state index in [1.165, 1.54) is 0 Å². The molecule has 0 aliphatic carbocycles. The van der Waals surface area contributed by atoms with Crippen molar-refractivity contribution in [2.24, 2.45) is 10.9 Å². The Morgan fingerprint density at radius 2 is 2.00 bits per heavy atom. The monoisotopic (exact) mass is 476 g/mol. The van der Waals surface area contributed by atoms with Gasteiger partial charge in [-0.05, 0) is 32.1 Å². The van der Waals surface area contributed by atoms with Gasteiger partial charge in [-0.1, -0.05) is 13.8 Å². The van der Waals surface area contributed by atoms with Crippen LogP contribution in [0.3, 0.4) is 0 Å². The van der Waals surface area contributed by atoms with Gasteiger partial charge in [0, 0.05) is 32.8 Å². The van der Waals surface area contributed by atoms with Crippen molar-refractivity contribution >= 4 is 40.0 Å². The molecule has 1 saturated heterocycles. The summed E-state index contributed by atoms with van der Waals surface area (Å²) in [6.07, 6.45) is 3.09. The van der Waals surface area contributed by atoms with E-state index in [4.69, 9.17) is 4.74 Å². The van der Waals surface area contributed by atoms with Crippen molar-refractivity contribution in [2.45, 2.75) is 52.2 Å². The van der Waals surface area contributed by atoms with Crippen molar-refractivity contribution in [3.8, 4) is 0 Å². The van der Waals surface area contributed by atoms with Gasteiger partial charge in [0.15, 0.2) is 5.96 Å². The summed E-state index contributed by atoms with van der Waals surface area (Å²) in [7, 11) is -1.63. The Hall–Kier alpha value is -0.130. The predicted octanol–water partition coefficient (Wildman–Crippen LogP) is 1.30. The normalized spacial score (nSPS) is 20.4. The quantitative estimate of drug-likeness (QED) is 0.279. The maximum Gasteiger partial charge on any atom is 0.213 e. The van der Waals surface area contributed by atoms with E-state index in [2.05, 4.69) is 41.1 Å². The fraction of sp³-hybridized carbons (Fsp3) is 0.933. The van der Waals surface area contributed by atoms with Crippen LogP contribution in [0.4, 0.5) is 0 Å². The molecule has 24 heavy (non-hydrogen) atoms. The van der Waals surface area contributed by atoms with Crippen LogP contribution in [-0.4, -0.2) is 59.0 Å². The maximum atomic E-state index is 12.0. The average Bonchev–Trinajstić information content (AvgIpc) is 2.52. The molecular formula is C15H33IN4O3S. The van der Waals surface area contributed by atoms with E-state index < -0.39 is 10.0 Å². The third-order valence-electron chi connectivity index (χ3n) is 4.06. The van der Waals surface area contributed by atoms with Crippen LogP contribution in [0, 0.1) is 5.92 Å². The molecule has 1 aliphatic rings. The maximum absolute atomic E-state index is 12.0. The summed E-state index contributed by atoms with van der Waals surface area (Å²) in [5.74, 6) is 1.10. The van der Waals surface area contributed by atoms with Crippen molar-refractivity contribution < 1.29 is 13.2 Å². The molecule has 2 atom stereocenters. The molecule has 1 aliphatic heterocycles. The van der Waals surface area contributed by atoms with E-state index in [-0.39, 0.29) is 41.9 Å². The lowest BCUT2D eigenvalue weighted by atomic mass is 10.1. The van der Waals surface area contributed by atoms with Crippen molar-refractivity contribution in [1.82, 2.24) is 15.4 Å². The first-order valence-corrected chi connectivity index (χ1v) is 10.1. The third-order valence-corrected chi connectivity index (χ3v) is 5.40. The van der Waals surface area contributed by atoms with Gasteiger partial charge in [-0.15, -0.1) is 24.0 Å². The number of guanidine groups is 1. The number of hydrogen-bond donors (Lipinski definition) is 3. The van der Waals surface area contributed by atoms with Gasteiger partial charge in [-0.25, -0.2) is 13.1 Å². The summed E-state index contributed by atoms with van der Waals surface area (Å²) >= 11 is 0. The fourth-order valence-corrected chi connectivity index (χ4v) is 3.10. The second-order valence-electron chi connectivity index (χ2n) is 6.33. The zero-order valence-electron chi connectivity index (χ0n) is 15.2. The molecule has 3 N–H and O–H groups in total. The van der Waals surface area contributed by atoms with Crippen LogP contribution >= 0.6 is 24.0 Å². The van der Waals surface area contributed by atoms with E-state index in [9.17, 15) is 8.42 Å². The number of sulfonamides is 1. The first-order valence-electron chi connectivity index (χ1n) is 8.40. The predicted molar refractivity (Wildman–Crippen MR) is 110 cm³/mol. The van der Waals surface area contributed by atoms with Gasteiger partial charge < -0.3 is 15.4 Å². The molecule has 0 saturated carbocycles. The SMILES string of the molecule is CN=C(NCCS(=O)(=O)NCC1CCCCO1)NC(C)C(C)C.I. The van der Waals surface area contributed by atoms with Gasteiger partial charge >= 0.3 is 0 Å². The van der Waals surface area contributed by atoms with Crippen LogP contribution in [0.2, 0.25) is 0 Å². The van der Waals surface area contributed by atoms with Gasteiger partial charge in [0.05, 0.1) is 11.9 Å². The molecule has 144 valence electrons. The van der Waals surface area contributed by atoms with Gasteiger partial charge in [-0.3, -0.25) is 4.99 Å². The summed E-state index contributed by atoms with van der Waals surface area (Å²) in [5, 5.41) is 6.28. The van der Waals surface area contributed by atoms with Gasteiger partial charge in [0.2, 0.25) is 10.0 Å². The van der Waals surface area contributed by atoms with E-state index in [0.29, 0.717) is 25.0 Å². The average molecular weight is 476 g/mol. The second kappa shape index (κ2) is 12.3. The number of rotatable bonds is 8. The zero-order valence-corrected chi connectivity index (χ0v) is 18.3. The van der Waals surface area contributed by atoms with Crippen LogP contribution in [0.25, 0.3) is 0 Å². The number of hydrogen-bond acceptors (Lipinski definition) is 4. The Morgan fingerprint density at radius 3 is 2.54 bits per heavy atom. The van der Waals surface area contributed by atoms with Crippen molar-refractivity contribution in [3.05, 3.63) is 0 Å². The molecule has 0 radical (unpaired) electrons. The lowest BCUT2D eigenvalue weighted by Gasteiger charge is -2.23. The van der Waals surface area contributed by atoms with Crippen LogP contribution in [0.1, 0.15) is 40.0 Å². The number of halogens is 1. The highest BCUT2D eigenvalue weighted by Crippen LogP contribution is 2.11. The lowest BCUT2D eigenvalue weighted by Crippen LogP contribution is -2.46. The Bertz CT molecular complexity index is 465. The summed E-state index contributed by atoms with van der Waals surface area (Å²) < 4.78 is 32.2. The fourth-order valence-electron chi connectivity index (χ4n) is 2.14. The number of nitrogens with one attached hydrogen (secondary N) is 3. The Morgan fingerprint density at radius 1 is 1.29 bits per heavy atom. The van der Waals surface area contributed by atoms with E-state index in [1.54, 1.807) is 7.05 Å². The van der Waals surface area contributed by atoms with E-state index in [1.807, 2.05) is 0 Å². The topological polar surface area (TPSA) is 91.8 Å². The summed E-state index contributed by atoms with van der Waals surface area (Å²) in [6.45, 7) is 7.70. The Labute approximate surface area is 163 Å². The minimum Gasteiger partial charge on any atom is -0.377 e. The van der Waals surface area contributed by atoms with E-state index in [0.717, 1.165) is 25.9 Å². The minimum absolute atomic E-state index is 0. The minimum atomic E-state index is -3.30. The molecule has 7 nitrogen and oxygen atoms in total. The summed E-state index contributed by atoms with van der Waals surface area (Å²) in [6, 6.07) is 0.263. The van der Waals surface area contributed by atoms with Crippen LogP contribution in [-0.2, 0) is 14.8 Å². The standard InChI is InChI=1S/C15H32N4O3S.HI/c1-12(2)13(3)19-15(16-4)17-8-10-23(20,21)18-11-14-7-5-6-9-22-14;/h12-14,18H,5-11H2,1-4H3,(H2,16,17,19);1H. The molecular weight excluding hydrogens is 443 g/mol. The second-order valence-corrected chi connectivity index (χ2v) is 8.26. The lowest BCUT2D eigenvalue weighted by molar-refractivity contribution is 0.0200. The summed E-state index contributed by atoms with van der Waals surface area (Å²) in [5.41, 5.74) is 0. The van der Waals surface area contributed by atoms with Crippen LogP contribution < -0.4 is 15.4 Å². The number of aliphatic imine (C=N–C) groups is 1. The highest BCUT2D eigenvalue weighted by atomic mass is 127. The highest BCUT2D eigenvalue weighted by Gasteiger charge is 2.17. The van der Waals surface area contributed by atoms with Crippen molar-refractivity contribution in [1.29, 1.82) is 0 Å². The smallest absolute Gasteiger partial charge is 0.213 e. The molecule has 0 aromatic carbocycles.